The van der Waals surface area contributed by atoms with Crippen molar-refractivity contribution in [1.29, 1.82) is 0 Å². The summed E-state index contributed by atoms with van der Waals surface area (Å²) in [7, 11) is 0. The van der Waals surface area contributed by atoms with Crippen LogP contribution in [0.25, 0.3) is 0 Å². The van der Waals surface area contributed by atoms with E-state index in [0.29, 0.717) is 12.1 Å². The molecule has 0 bridgehead atoms. The van der Waals surface area contributed by atoms with Gasteiger partial charge in [0.25, 0.3) is 0 Å². The highest BCUT2D eigenvalue weighted by Crippen LogP contribution is 2.20. The normalized spacial score (nSPS) is 19.8. The number of rotatable bonds is 3. The molecule has 1 aliphatic rings. The molecule has 1 heterocycles. The van der Waals surface area contributed by atoms with E-state index in [9.17, 15) is 0 Å². The second kappa shape index (κ2) is 4.56. The van der Waals surface area contributed by atoms with Gasteiger partial charge in [0.1, 0.15) is 0 Å². The lowest BCUT2D eigenvalue weighted by Gasteiger charge is -2.18. The van der Waals surface area contributed by atoms with Crippen molar-refractivity contribution in [2.45, 2.75) is 44.7 Å². The number of nitrogens with zero attached hydrogens (tertiary/aromatic N) is 1. The molecule has 1 fully saturated rings. The molecule has 1 aliphatic carbocycles. The van der Waals surface area contributed by atoms with E-state index in [1.165, 1.54) is 25.7 Å². The van der Waals surface area contributed by atoms with E-state index in [4.69, 9.17) is 0 Å². The fraction of sp³-hybridized carbons (Fsp3) is 0.583. The van der Waals surface area contributed by atoms with Crippen molar-refractivity contribution in [3.8, 4) is 0 Å². The van der Waals surface area contributed by atoms with Gasteiger partial charge in [-0.1, -0.05) is 18.9 Å². The van der Waals surface area contributed by atoms with Gasteiger partial charge >= 0.3 is 0 Å². The van der Waals surface area contributed by atoms with Gasteiger partial charge in [-0.25, -0.2) is 0 Å². The standard InChI is InChI=1S/C12H18N2/c1-10(12-8-4-5-9-13-12)14-11-6-2-3-7-11/h4-5,8-11,14H,2-3,6-7H2,1H3/t10-/m1/s1. The lowest BCUT2D eigenvalue weighted by molar-refractivity contribution is 0.455. The van der Waals surface area contributed by atoms with Crippen LogP contribution in [-0.2, 0) is 0 Å². The summed E-state index contributed by atoms with van der Waals surface area (Å²) in [6.45, 7) is 2.20. The van der Waals surface area contributed by atoms with Gasteiger partial charge in [-0.2, -0.15) is 0 Å². The number of nitrogens with one attached hydrogen (secondary N) is 1. The third-order valence-corrected chi connectivity index (χ3v) is 2.97. The Morgan fingerprint density at radius 1 is 1.36 bits per heavy atom. The molecule has 1 aromatic rings. The zero-order chi connectivity index (χ0) is 9.80. The van der Waals surface area contributed by atoms with Gasteiger partial charge < -0.3 is 5.32 Å². The van der Waals surface area contributed by atoms with Crippen LogP contribution in [0.15, 0.2) is 24.4 Å². The Bertz CT molecular complexity index is 265. The first-order valence-corrected chi connectivity index (χ1v) is 5.53. The van der Waals surface area contributed by atoms with Gasteiger partial charge in [0.2, 0.25) is 0 Å². The molecule has 2 rings (SSSR count). The molecular weight excluding hydrogens is 172 g/mol. The Morgan fingerprint density at radius 2 is 2.14 bits per heavy atom. The average Bonchev–Trinajstić information content (AvgIpc) is 2.72. The van der Waals surface area contributed by atoms with Gasteiger partial charge in [0.05, 0.1) is 5.69 Å². The zero-order valence-corrected chi connectivity index (χ0v) is 8.74. The quantitative estimate of drug-likeness (QED) is 0.792. The van der Waals surface area contributed by atoms with Gasteiger partial charge in [0, 0.05) is 18.3 Å². The summed E-state index contributed by atoms with van der Waals surface area (Å²) in [4.78, 5) is 4.36. The lowest BCUT2D eigenvalue weighted by atomic mass is 10.1. The van der Waals surface area contributed by atoms with Crippen molar-refractivity contribution in [2.24, 2.45) is 0 Å². The molecule has 1 atom stereocenters. The minimum Gasteiger partial charge on any atom is -0.306 e. The Morgan fingerprint density at radius 3 is 2.79 bits per heavy atom. The molecular formula is C12H18N2. The predicted molar refractivity (Wildman–Crippen MR) is 58.0 cm³/mol. The van der Waals surface area contributed by atoms with Gasteiger partial charge in [0.15, 0.2) is 0 Å². The SMILES string of the molecule is C[C@@H](NC1CCCC1)c1ccccn1. The van der Waals surface area contributed by atoms with Crippen molar-refractivity contribution in [3.05, 3.63) is 30.1 Å². The van der Waals surface area contributed by atoms with Gasteiger partial charge in [-0.15, -0.1) is 0 Å². The molecule has 0 radical (unpaired) electrons. The summed E-state index contributed by atoms with van der Waals surface area (Å²) in [5.41, 5.74) is 1.15. The maximum Gasteiger partial charge on any atom is 0.0570 e. The molecule has 0 aliphatic heterocycles. The van der Waals surface area contributed by atoms with Crippen molar-refractivity contribution in [1.82, 2.24) is 10.3 Å². The summed E-state index contributed by atoms with van der Waals surface area (Å²) in [6, 6.07) is 7.21. The molecule has 0 aromatic carbocycles. The zero-order valence-electron chi connectivity index (χ0n) is 8.74. The summed E-state index contributed by atoms with van der Waals surface area (Å²) in [5, 5.41) is 3.63. The molecule has 1 saturated carbocycles. The van der Waals surface area contributed by atoms with E-state index in [2.05, 4.69) is 29.4 Å². The molecule has 14 heavy (non-hydrogen) atoms. The fourth-order valence-electron chi connectivity index (χ4n) is 2.16. The first-order valence-electron chi connectivity index (χ1n) is 5.53. The number of pyridine rings is 1. The molecule has 2 heteroatoms. The molecule has 1 N–H and O–H groups in total. The summed E-state index contributed by atoms with van der Waals surface area (Å²) in [5.74, 6) is 0. The van der Waals surface area contributed by atoms with Crippen LogP contribution in [0.2, 0.25) is 0 Å². The van der Waals surface area contributed by atoms with Gasteiger partial charge in [-0.3, -0.25) is 4.98 Å². The lowest BCUT2D eigenvalue weighted by Crippen LogP contribution is -2.29. The Hall–Kier alpha value is -0.890. The number of hydrogen-bond acceptors (Lipinski definition) is 2. The predicted octanol–water partition coefficient (Wildman–Crippen LogP) is 2.67. The first kappa shape index (κ1) is 9.66. The highest BCUT2D eigenvalue weighted by molar-refractivity contribution is 5.07. The Balaban J connectivity index is 1.92. The minimum absolute atomic E-state index is 0.388. The van der Waals surface area contributed by atoms with E-state index >= 15 is 0 Å². The Kier molecular flexibility index (Phi) is 3.14. The molecule has 76 valence electrons. The smallest absolute Gasteiger partial charge is 0.0570 e. The maximum atomic E-state index is 4.36. The van der Waals surface area contributed by atoms with E-state index in [-0.39, 0.29) is 0 Å². The fourth-order valence-corrected chi connectivity index (χ4v) is 2.16. The molecule has 2 nitrogen and oxygen atoms in total. The third-order valence-electron chi connectivity index (χ3n) is 2.97. The van der Waals surface area contributed by atoms with Crippen molar-refractivity contribution < 1.29 is 0 Å². The highest BCUT2D eigenvalue weighted by Gasteiger charge is 2.17. The van der Waals surface area contributed by atoms with Crippen LogP contribution in [0.5, 0.6) is 0 Å². The third kappa shape index (κ3) is 2.32. The largest absolute Gasteiger partial charge is 0.306 e. The van der Waals surface area contributed by atoms with Crippen molar-refractivity contribution in [3.63, 3.8) is 0 Å². The molecule has 0 unspecified atom stereocenters. The number of aromatic nitrogens is 1. The summed E-state index contributed by atoms with van der Waals surface area (Å²) < 4.78 is 0. The van der Waals surface area contributed by atoms with Crippen LogP contribution < -0.4 is 5.32 Å². The monoisotopic (exact) mass is 190 g/mol. The van der Waals surface area contributed by atoms with E-state index in [1.54, 1.807) is 0 Å². The Labute approximate surface area is 85.7 Å². The average molecular weight is 190 g/mol. The van der Waals surface area contributed by atoms with Crippen LogP contribution in [-0.4, -0.2) is 11.0 Å². The van der Waals surface area contributed by atoms with Crippen LogP contribution >= 0.6 is 0 Å². The second-order valence-corrected chi connectivity index (χ2v) is 4.12. The molecule has 0 amide bonds. The van der Waals surface area contributed by atoms with Gasteiger partial charge in [-0.05, 0) is 31.9 Å². The van der Waals surface area contributed by atoms with E-state index in [0.717, 1.165) is 5.69 Å². The van der Waals surface area contributed by atoms with Crippen LogP contribution in [0.3, 0.4) is 0 Å². The summed E-state index contributed by atoms with van der Waals surface area (Å²) >= 11 is 0. The highest BCUT2D eigenvalue weighted by atomic mass is 15.0. The first-order chi connectivity index (χ1) is 6.86. The second-order valence-electron chi connectivity index (χ2n) is 4.12. The van der Waals surface area contributed by atoms with Crippen LogP contribution in [0.1, 0.15) is 44.3 Å². The maximum absolute atomic E-state index is 4.36. The van der Waals surface area contributed by atoms with Crippen molar-refractivity contribution in [2.75, 3.05) is 0 Å². The topological polar surface area (TPSA) is 24.9 Å². The van der Waals surface area contributed by atoms with Crippen LogP contribution in [0, 0.1) is 0 Å². The molecule has 0 spiro atoms. The van der Waals surface area contributed by atoms with Crippen LogP contribution in [0.4, 0.5) is 0 Å². The minimum atomic E-state index is 0.388. The number of hydrogen-bond donors (Lipinski definition) is 1. The van der Waals surface area contributed by atoms with Crippen molar-refractivity contribution >= 4 is 0 Å². The van der Waals surface area contributed by atoms with E-state index < -0.39 is 0 Å². The van der Waals surface area contributed by atoms with E-state index in [1.807, 2.05) is 12.3 Å². The summed E-state index contributed by atoms with van der Waals surface area (Å²) in [6.07, 6.45) is 7.29. The molecule has 1 aromatic heterocycles. The molecule has 0 saturated heterocycles.